The summed E-state index contributed by atoms with van der Waals surface area (Å²) >= 11 is 0. The van der Waals surface area contributed by atoms with Gasteiger partial charge in [-0.1, -0.05) is 218 Å². The standard InChI is InChI=1S/C67H44N2/c1-3-17-45(18-4-1)47-33-35-48(36-34-47)49-37-39-52(40-38-49)68(63-30-12-8-23-54(63)51-22-15-21-50(43-51)46-19-5-2-6-20-46)53-41-42-60-58(44-53)55-24-7-10-27-59(55)67(60)61-28-11-14-32-65(61)69-64-31-13-9-25-56(64)57-26-16-29-62(67)66(57)69/h1-44H. The second-order valence-electron chi connectivity index (χ2n) is 18.4. The van der Waals surface area contributed by atoms with Crippen LogP contribution >= 0.6 is 0 Å². The van der Waals surface area contributed by atoms with Crippen molar-refractivity contribution < 1.29 is 0 Å². The number of hydrogen-bond donors (Lipinski definition) is 0. The normalized spacial score (nSPS) is 14.1. The molecule has 1 atom stereocenters. The van der Waals surface area contributed by atoms with Gasteiger partial charge in [0.15, 0.2) is 0 Å². The molecule has 14 rings (SSSR count). The molecule has 0 radical (unpaired) electrons. The van der Waals surface area contributed by atoms with Crippen molar-refractivity contribution in [2.24, 2.45) is 0 Å². The molecular weight excluding hydrogens is 833 g/mol. The van der Waals surface area contributed by atoms with E-state index < -0.39 is 5.41 Å². The smallest absolute Gasteiger partial charge is 0.0754 e. The Morgan fingerprint density at radius 1 is 0.290 bits per heavy atom. The van der Waals surface area contributed by atoms with Gasteiger partial charge in [-0.25, -0.2) is 0 Å². The second kappa shape index (κ2) is 15.6. The highest BCUT2D eigenvalue weighted by atomic mass is 15.1. The number of aromatic nitrogens is 1. The zero-order valence-electron chi connectivity index (χ0n) is 37.8. The lowest BCUT2D eigenvalue weighted by Crippen LogP contribution is -2.33. The molecule has 1 aliphatic carbocycles. The summed E-state index contributed by atoms with van der Waals surface area (Å²) in [5.74, 6) is 0. The molecule has 1 spiro atoms. The van der Waals surface area contributed by atoms with Crippen LogP contribution in [0.25, 0.3) is 83.1 Å². The molecule has 0 saturated carbocycles. The lowest BCUT2D eigenvalue weighted by atomic mass is 9.65. The number of para-hydroxylation sites is 4. The first-order valence-corrected chi connectivity index (χ1v) is 23.9. The predicted octanol–water partition coefficient (Wildman–Crippen LogP) is 17.6. The maximum Gasteiger partial charge on any atom is 0.0754 e. The molecule has 69 heavy (non-hydrogen) atoms. The molecule has 322 valence electrons. The highest BCUT2D eigenvalue weighted by molar-refractivity contribution is 6.13. The first-order valence-electron chi connectivity index (χ1n) is 23.9. The summed E-state index contributed by atoms with van der Waals surface area (Å²) in [6.07, 6.45) is 0. The van der Waals surface area contributed by atoms with E-state index in [1.807, 2.05) is 0 Å². The summed E-state index contributed by atoms with van der Waals surface area (Å²) in [4.78, 5) is 2.47. The van der Waals surface area contributed by atoms with Crippen LogP contribution in [0.1, 0.15) is 22.3 Å². The van der Waals surface area contributed by atoms with E-state index in [9.17, 15) is 0 Å². The summed E-state index contributed by atoms with van der Waals surface area (Å²) < 4.78 is 2.52. The zero-order valence-corrected chi connectivity index (χ0v) is 37.8. The third-order valence-electron chi connectivity index (χ3n) is 14.8. The number of anilines is 3. The third kappa shape index (κ3) is 5.92. The first-order chi connectivity index (χ1) is 34.2. The van der Waals surface area contributed by atoms with Crippen molar-refractivity contribution in [3.05, 3.63) is 289 Å². The van der Waals surface area contributed by atoms with E-state index in [1.54, 1.807) is 0 Å². The SMILES string of the molecule is c1ccc(-c2ccc(-c3ccc(N(c4ccc5c(c4)-c4ccccc4C54c5ccccc5-n5c6ccccc6c6cccc4c65)c4ccccc4-c4cccc(-c5ccccc5)c4)cc3)cc2)cc1. The molecule has 11 aromatic carbocycles. The molecule has 2 nitrogen and oxygen atoms in total. The van der Waals surface area contributed by atoms with E-state index >= 15 is 0 Å². The maximum absolute atomic E-state index is 2.52. The van der Waals surface area contributed by atoms with E-state index in [0.717, 1.165) is 22.6 Å². The molecule has 1 unspecified atom stereocenters. The van der Waals surface area contributed by atoms with Gasteiger partial charge in [0.1, 0.15) is 0 Å². The average Bonchev–Trinajstić information content (AvgIpc) is 3.92. The Balaban J connectivity index is 0.969. The molecule has 0 N–H and O–H groups in total. The van der Waals surface area contributed by atoms with Crippen LogP contribution in [0.4, 0.5) is 17.1 Å². The van der Waals surface area contributed by atoms with E-state index in [2.05, 4.69) is 276 Å². The van der Waals surface area contributed by atoms with Crippen LogP contribution in [0.2, 0.25) is 0 Å². The van der Waals surface area contributed by atoms with Crippen molar-refractivity contribution in [3.8, 4) is 61.3 Å². The van der Waals surface area contributed by atoms with E-state index in [-0.39, 0.29) is 0 Å². The van der Waals surface area contributed by atoms with Gasteiger partial charge in [0, 0.05) is 27.7 Å². The molecule has 0 saturated heterocycles. The van der Waals surface area contributed by atoms with Gasteiger partial charge in [0.2, 0.25) is 0 Å². The highest BCUT2D eigenvalue weighted by Crippen LogP contribution is 2.61. The van der Waals surface area contributed by atoms with Gasteiger partial charge in [-0.3, -0.25) is 0 Å². The van der Waals surface area contributed by atoms with Crippen molar-refractivity contribution in [1.29, 1.82) is 0 Å². The molecular formula is C67H44N2. The van der Waals surface area contributed by atoms with Crippen LogP contribution in [0.5, 0.6) is 0 Å². The van der Waals surface area contributed by atoms with Crippen molar-refractivity contribution in [1.82, 2.24) is 4.57 Å². The van der Waals surface area contributed by atoms with Gasteiger partial charge in [0.25, 0.3) is 0 Å². The van der Waals surface area contributed by atoms with Crippen LogP contribution in [0.15, 0.2) is 267 Å². The second-order valence-corrected chi connectivity index (χ2v) is 18.4. The number of hydrogen-bond acceptors (Lipinski definition) is 1. The van der Waals surface area contributed by atoms with Gasteiger partial charge in [-0.2, -0.15) is 0 Å². The quantitative estimate of drug-likeness (QED) is 0.155. The fourth-order valence-electron chi connectivity index (χ4n) is 11.8. The molecule has 2 aliphatic rings. The Kier molecular flexibility index (Phi) is 8.84. The van der Waals surface area contributed by atoms with Crippen molar-refractivity contribution >= 4 is 38.9 Å². The Bertz CT molecular complexity index is 3940. The summed E-state index contributed by atoms with van der Waals surface area (Å²) in [7, 11) is 0. The maximum atomic E-state index is 2.52. The van der Waals surface area contributed by atoms with Gasteiger partial charge >= 0.3 is 0 Å². The van der Waals surface area contributed by atoms with Gasteiger partial charge in [0.05, 0.1) is 27.8 Å². The minimum atomic E-state index is -0.525. The molecule has 2 heteroatoms. The zero-order chi connectivity index (χ0) is 45.5. The van der Waals surface area contributed by atoms with Crippen LogP contribution in [-0.2, 0) is 5.41 Å². The van der Waals surface area contributed by atoms with Crippen LogP contribution in [-0.4, -0.2) is 4.57 Å². The van der Waals surface area contributed by atoms with E-state index in [1.165, 1.54) is 99.8 Å². The first kappa shape index (κ1) is 39.2. The number of benzene rings is 11. The Morgan fingerprint density at radius 2 is 0.797 bits per heavy atom. The third-order valence-corrected chi connectivity index (χ3v) is 14.8. The molecule has 1 aromatic heterocycles. The van der Waals surface area contributed by atoms with Crippen molar-refractivity contribution in [2.45, 2.75) is 5.41 Å². The number of nitrogens with zero attached hydrogens (tertiary/aromatic N) is 2. The van der Waals surface area contributed by atoms with Crippen molar-refractivity contribution in [2.75, 3.05) is 4.90 Å². The number of rotatable bonds is 7. The fraction of sp³-hybridized carbons (Fsp3) is 0.0149. The molecule has 2 heterocycles. The lowest BCUT2D eigenvalue weighted by Gasteiger charge is -2.39. The minimum absolute atomic E-state index is 0.525. The number of fused-ring (bicyclic) bond motifs is 12. The molecule has 0 bridgehead atoms. The summed E-state index contributed by atoms with van der Waals surface area (Å²) in [5, 5.41) is 2.57. The predicted molar refractivity (Wildman–Crippen MR) is 288 cm³/mol. The Labute approximate surface area is 402 Å². The van der Waals surface area contributed by atoms with Gasteiger partial charge in [-0.15, -0.1) is 0 Å². The molecule has 12 aromatic rings. The van der Waals surface area contributed by atoms with E-state index in [0.29, 0.717) is 0 Å². The Hall–Kier alpha value is -8.98. The fourth-order valence-corrected chi connectivity index (χ4v) is 11.8. The topological polar surface area (TPSA) is 8.17 Å². The monoisotopic (exact) mass is 876 g/mol. The lowest BCUT2D eigenvalue weighted by molar-refractivity contribution is 0.748. The largest absolute Gasteiger partial charge is 0.310 e. The highest BCUT2D eigenvalue weighted by Gasteiger charge is 2.51. The summed E-state index contributed by atoms with van der Waals surface area (Å²) in [5.41, 5.74) is 23.8. The average molecular weight is 877 g/mol. The molecule has 1 aliphatic heterocycles. The molecule has 0 fully saturated rings. The summed E-state index contributed by atoms with van der Waals surface area (Å²) in [6, 6.07) is 98.5. The van der Waals surface area contributed by atoms with Crippen LogP contribution in [0.3, 0.4) is 0 Å². The molecule has 0 amide bonds. The summed E-state index contributed by atoms with van der Waals surface area (Å²) in [6.45, 7) is 0. The van der Waals surface area contributed by atoms with Gasteiger partial charge in [-0.05, 0) is 121 Å². The van der Waals surface area contributed by atoms with Gasteiger partial charge < -0.3 is 9.47 Å². The minimum Gasteiger partial charge on any atom is -0.310 e. The van der Waals surface area contributed by atoms with E-state index in [4.69, 9.17) is 0 Å². The van der Waals surface area contributed by atoms with Crippen LogP contribution in [0, 0.1) is 0 Å². The van der Waals surface area contributed by atoms with Crippen LogP contribution < -0.4 is 4.90 Å². The van der Waals surface area contributed by atoms with Crippen molar-refractivity contribution in [3.63, 3.8) is 0 Å². The Morgan fingerprint density at radius 3 is 1.57 bits per heavy atom.